The van der Waals surface area contributed by atoms with E-state index in [2.05, 4.69) is 15.9 Å². The van der Waals surface area contributed by atoms with Gasteiger partial charge in [-0.1, -0.05) is 15.9 Å². The number of alkyl halides is 1. The molecule has 0 saturated carbocycles. The molecule has 1 rings (SSSR count). The SMILES string of the molecule is CN(C)N1CCC(Br)C1=O. The van der Waals surface area contributed by atoms with Crippen LogP contribution in [-0.2, 0) is 4.79 Å². The Morgan fingerprint density at radius 2 is 2.30 bits per heavy atom. The Morgan fingerprint density at radius 1 is 1.70 bits per heavy atom. The van der Waals surface area contributed by atoms with Crippen LogP contribution < -0.4 is 0 Å². The second-order valence-electron chi connectivity index (χ2n) is 2.56. The van der Waals surface area contributed by atoms with Crippen LogP contribution in [0.3, 0.4) is 0 Å². The molecule has 4 heteroatoms. The van der Waals surface area contributed by atoms with E-state index in [4.69, 9.17) is 0 Å². The summed E-state index contributed by atoms with van der Waals surface area (Å²) in [6.45, 7) is 0.835. The third kappa shape index (κ3) is 1.32. The van der Waals surface area contributed by atoms with Crippen LogP contribution in [0.1, 0.15) is 6.42 Å². The topological polar surface area (TPSA) is 23.6 Å². The summed E-state index contributed by atoms with van der Waals surface area (Å²) in [6.07, 6.45) is 0.914. The van der Waals surface area contributed by atoms with Crippen molar-refractivity contribution in [2.24, 2.45) is 0 Å². The predicted molar refractivity (Wildman–Crippen MR) is 42.7 cm³/mol. The molecule has 3 nitrogen and oxygen atoms in total. The first-order chi connectivity index (χ1) is 4.63. The summed E-state index contributed by atoms with van der Waals surface area (Å²) in [5, 5.41) is 3.56. The first kappa shape index (κ1) is 8.01. The maximum Gasteiger partial charge on any atom is 0.250 e. The zero-order chi connectivity index (χ0) is 7.72. The lowest BCUT2D eigenvalue weighted by atomic mass is 10.4. The largest absolute Gasteiger partial charge is 0.275 e. The molecule has 1 fully saturated rings. The lowest BCUT2D eigenvalue weighted by Gasteiger charge is -2.23. The molecule has 58 valence electrons. The number of hydrogen-bond acceptors (Lipinski definition) is 2. The molecule has 0 aliphatic carbocycles. The molecular formula is C6H11BrN2O. The minimum absolute atomic E-state index is 0.0369. The molecule has 1 unspecified atom stereocenters. The van der Waals surface area contributed by atoms with E-state index in [-0.39, 0.29) is 10.7 Å². The van der Waals surface area contributed by atoms with Gasteiger partial charge in [0.05, 0.1) is 4.83 Å². The summed E-state index contributed by atoms with van der Waals surface area (Å²) >= 11 is 3.29. The highest BCUT2D eigenvalue weighted by atomic mass is 79.9. The van der Waals surface area contributed by atoms with Crippen LogP contribution in [0.15, 0.2) is 0 Å². The van der Waals surface area contributed by atoms with Crippen LogP contribution in [-0.4, -0.2) is 41.4 Å². The molecule has 0 aromatic heterocycles. The number of rotatable bonds is 1. The first-order valence-corrected chi connectivity index (χ1v) is 4.17. The zero-order valence-corrected chi connectivity index (χ0v) is 7.76. The third-order valence-electron chi connectivity index (χ3n) is 1.60. The van der Waals surface area contributed by atoms with E-state index in [1.54, 1.807) is 5.01 Å². The molecule has 1 atom stereocenters. The van der Waals surface area contributed by atoms with Crippen LogP contribution in [0.25, 0.3) is 0 Å². The maximum absolute atomic E-state index is 11.2. The fraction of sp³-hybridized carbons (Fsp3) is 0.833. The molecular weight excluding hydrogens is 196 g/mol. The van der Waals surface area contributed by atoms with Crippen molar-refractivity contribution < 1.29 is 4.79 Å². The first-order valence-electron chi connectivity index (χ1n) is 3.25. The summed E-state index contributed by atoms with van der Waals surface area (Å²) < 4.78 is 0. The van der Waals surface area contributed by atoms with Crippen molar-refractivity contribution in [3.63, 3.8) is 0 Å². The molecule has 0 N–H and O–H groups in total. The van der Waals surface area contributed by atoms with Gasteiger partial charge in [0.2, 0.25) is 0 Å². The number of halogens is 1. The van der Waals surface area contributed by atoms with E-state index in [0.717, 1.165) is 13.0 Å². The van der Waals surface area contributed by atoms with E-state index >= 15 is 0 Å². The minimum Gasteiger partial charge on any atom is -0.275 e. The van der Waals surface area contributed by atoms with Gasteiger partial charge in [-0.15, -0.1) is 0 Å². The van der Waals surface area contributed by atoms with Gasteiger partial charge in [0.15, 0.2) is 0 Å². The molecule has 0 aromatic carbocycles. The van der Waals surface area contributed by atoms with E-state index in [1.165, 1.54) is 0 Å². The van der Waals surface area contributed by atoms with Crippen molar-refractivity contribution >= 4 is 21.8 Å². The van der Waals surface area contributed by atoms with Gasteiger partial charge in [-0.2, -0.15) is 0 Å². The summed E-state index contributed by atoms with van der Waals surface area (Å²) in [5.74, 6) is 0.171. The van der Waals surface area contributed by atoms with Crippen molar-refractivity contribution in [3.05, 3.63) is 0 Å². The summed E-state index contributed by atoms with van der Waals surface area (Å²) in [6, 6.07) is 0. The highest BCUT2D eigenvalue weighted by molar-refractivity contribution is 9.10. The molecule has 0 aromatic rings. The Morgan fingerprint density at radius 3 is 2.50 bits per heavy atom. The van der Waals surface area contributed by atoms with Crippen molar-refractivity contribution in [1.29, 1.82) is 0 Å². The number of hydrogen-bond donors (Lipinski definition) is 0. The quantitative estimate of drug-likeness (QED) is 0.583. The summed E-state index contributed by atoms with van der Waals surface area (Å²) in [4.78, 5) is 11.2. The van der Waals surface area contributed by atoms with E-state index in [1.807, 2.05) is 19.1 Å². The van der Waals surface area contributed by atoms with E-state index in [0.29, 0.717) is 0 Å². The van der Waals surface area contributed by atoms with Crippen molar-refractivity contribution in [2.45, 2.75) is 11.2 Å². The predicted octanol–water partition coefficient (Wildman–Crippen LogP) is 0.459. The second kappa shape index (κ2) is 2.88. The lowest BCUT2D eigenvalue weighted by molar-refractivity contribution is -0.138. The Labute approximate surface area is 69.1 Å². The van der Waals surface area contributed by atoms with Gasteiger partial charge in [0.1, 0.15) is 0 Å². The Kier molecular flexibility index (Phi) is 2.31. The normalized spacial score (nSPS) is 26.6. The molecule has 0 spiro atoms. The molecule has 0 radical (unpaired) electrons. The minimum atomic E-state index is 0.0369. The highest BCUT2D eigenvalue weighted by Crippen LogP contribution is 2.18. The van der Waals surface area contributed by atoms with Gasteiger partial charge in [0, 0.05) is 20.6 Å². The van der Waals surface area contributed by atoms with Gasteiger partial charge in [-0.05, 0) is 6.42 Å². The van der Waals surface area contributed by atoms with Crippen LogP contribution in [0, 0.1) is 0 Å². The molecule has 1 saturated heterocycles. The highest BCUT2D eigenvalue weighted by Gasteiger charge is 2.30. The standard InChI is InChI=1S/C6H11BrN2O/c1-8(2)9-4-3-5(7)6(9)10/h5H,3-4H2,1-2H3. The van der Waals surface area contributed by atoms with Crippen molar-refractivity contribution in [1.82, 2.24) is 10.0 Å². The second-order valence-corrected chi connectivity index (χ2v) is 3.67. The average molecular weight is 207 g/mol. The number of nitrogens with zero attached hydrogens (tertiary/aromatic N) is 2. The summed E-state index contributed by atoms with van der Waals surface area (Å²) in [5.41, 5.74) is 0. The third-order valence-corrected chi connectivity index (χ3v) is 2.45. The number of carbonyl (C=O) groups is 1. The van der Waals surface area contributed by atoms with E-state index < -0.39 is 0 Å². The number of hydrazine groups is 1. The molecule has 1 amide bonds. The monoisotopic (exact) mass is 206 g/mol. The number of amides is 1. The lowest BCUT2D eigenvalue weighted by Crippen LogP contribution is -2.39. The smallest absolute Gasteiger partial charge is 0.250 e. The summed E-state index contributed by atoms with van der Waals surface area (Å²) in [7, 11) is 3.76. The molecule has 10 heavy (non-hydrogen) atoms. The van der Waals surface area contributed by atoms with Crippen molar-refractivity contribution in [3.8, 4) is 0 Å². The van der Waals surface area contributed by atoms with Crippen molar-refractivity contribution in [2.75, 3.05) is 20.6 Å². The molecule has 1 heterocycles. The Hall–Kier alpha value is -0.0900. The molecule has 1 aliphatic rings. The van der Waals surface area contributed by atoms with Gasteiger partial charge >= 0.3 is 0 Å². The molecule has 0 bridgehead atoms. The van der Waals surface area contributed by atoms with Gasteiger partial charge in [-0.3, -0.25) is 9.80 Å². The number of carbonyl (C=O) groups excluding carboxylic acids is 1. The maximum atomic E-state index is 11.2. The fourth-order valence-corrected chi connectivity index (χ4v) is 1.47. The Balaban J connectivity index is 2.57. The Bertz CT molecular complexity index is 149. The van der Waals surface area contributed by atoms with E-state index in [9.17, 15) is 4.79 Å². The van der Waals surface area contributed by atoms with Crippen LogP contribution >= 0.6 is 15.9 Å². The average Bonchev–Trinajstić information content (AvgIpc) is 2.14. The molecule has 1 aliphatic heterocycles. The van der Waals surface area contributed by atoms with Gasteiger partial charge in [0.25, 0.3) is 5.91 Å². The van der Waals surface area contributed by atoms with Gasteiger partial charge in [-0.25, -0.2) is 5.01 Å². The zero-order valence-electron chi connectivity index (χ0n) is 6.17. The van der Waals surface area contributed by atoms with Crippen LogP contribution in [0.4, 0.5) is 0 Å². The van der Waals surface area contributed by atoms with Crippen LogP contribution in [0.2, 0.25) is 0 Å². The fourth-order valence-electron chi connectivity index (χ4n) is 1.03. The van der Waals surface area contributed by atoms with Crippen LogP contribution in [0.5, 0.6) is 0 Å². The van der Waals surface area contributed by atoms with Gasteiger partial charge < -0.3 is 0 Å².